The molecule has 0 aliphatic carbocycles. The highest BCUT2D eigenvalue weighted by molar-refractivity contribution is 6.98. The van der Waals surface area contributed by atoms with Crippen LogP contribution in [0.5, 0.6) is 23.0 Å². The number of para-hydroxylation sites is 4. The number of fused-ring (bicyclic) bond motifs is 9. The summed E-state index contributed by atoms with van der Waals surface area (Å²) in [5, 5.41) is 4.25. The Morgan fingerprint density at radius 1 is 0.345 bits per heavy atom. The van der Waals surface area contributed by atoms with Crippen LogP contribution in [-0.4, -0.2) is 6.71 Å². The topological polar surface area (TPSA) is 38.1 Å². The largest absolute Gasteiger partial charge is 0.458 e. The molecule has 0 unspecified atom stereocenters. The molecule has 10 aromatic rings. The molecular weight excluding hydrogens is 711 g/mol. The van der Waals surface area contributed by atoms with Gasteiger partial charge in [0.2, 0.25) is 0 Å². The number of rotatable bonds is 6. The lowest BCUT2D eigenvalue weighted by atomic mass is 9.35. The number of benzene rings is 9. The lowest BCUT2D eigenvalue weighted by molar-refractivity contribution is 0.465. The Morgan fingerprint density at radius 3 is 1.45 bits per heavy atom. The van der Waals surface area contributed by atoms with E-state index in [2.05, 4.69) is 180 Å². The van der Waals surface area contributed by atoms with Crippen molar-refractivity contribution in [2.75, 3.05) is 9.80 Å². The molecule has 0 N–H and O–H groups in total. The molecule has 6 heteroatoms. The van der Waals surface area contributed by atoms with Crippen LogP contribution in [0, 0.1) is 0 Å². The quantitative estimate of drug-likeness (QED) is 0.159. The van der Waals surface area contributed by atoms with Crippen LogP contribution in [-0.2, 0) is 0 Å². The third kappa shape index (κ3) is 5.12. The fourth-order valence-electron chi connectivity index (χ4n) is 8.94. The summed E-state index contributed by atoms with van der Waals surface area (Å²) in [4.78, 5) is 4.55. The maximum Gasteiger partial charge on any atom is 0.260 e. The van der Waals surface area contributed by atoms with Gasteiger partial charge in [0.25, 0.3) is 6.71 Å². The van der Waals surface area contributed by atoms with E-state index in [-0.39, 0.29) is 6.71 Å². The van der Waals surface area contributed by atoms with Gasteiger partial charge >= 0.3 is 0 Å². The van der Waals surface area contributed by atoms with Crippen LogP contribution in [0.15, 0.2) is 205 Å². The van der Waals surface area contributed by atoms with E-state index in [1.165, 1.54) is 0 Å². The zero-order chi connectivity index (χ0) is 38.2. The Hall–Kier alpha value is -7.70. The van der Waals surface area contributed by atoms with E-state index in [9.17, 15) is 0 Å². The van der Waals surface area contributed by atoms with Crippen molar-refractivity contribution in [1.82, 2.24) is 0 Å². The van der Waals surface area contributed by atoms with Crippen molar-refractivity contribution in [3.05, 3.63) is 200 Å². The van der Waals surface area contributed by atoms with Crippen LogP contribution >= 0.6 is 0 Å². The maximum absolute atomic E-state index is 6.86. The summed E-state index contributed by atoms with van der Waals surface area (Å²) < 4.78 is 20.3. The first-order valence-electron chi connectivity index (χ1n) is 19.6. The van der Waals surface area contributed by atoms with Crippen molar-refractivity contribution in [2.45, 2.75) is 0 Å². The molecule has 58 heavy (non-hydrogen) atoms. The zero-order valence-electron chi connectivity index (χ0n) is 31.2. The van der Waals surface area contributed by atoms with Crippen LogP contribution in [0.4, 0.5) is 34.1 Å². The van der Waals surface area contributed by atoms with E-state index in [1.54, 1.807) is 0 Å². The average molecular weight is 745 g/mol. The highest BCUT2D eigenvalue weighted by Crippen LogP contribution is 2.43. The third-order valence-corrected chi connectivity index (χ3v) is 11.5. The van der Waals surface area contributed by atoms with Gasteiger partial charge in [0.1, 0.15) is 34.2 Å². The van der Waals surface area contributed by atoms with Crippen LogP contribution in [0.2, 0.25) is 0 Å². The number of hydrogen-bond acceptors (Lipinski definition) is 5. The Morgan fingerprint density at radius 2 is 0.862 bits per heavy atom. The van der Waals surface area contributed by atoms with Crippen LogP contribution in [0.25, 0.3) is 32.7 Å². The Bertz CT molecular complexity index is 3110. The second kappa shape index (κ2) is 12.9. The SMILES string of the molecule is c1ccc(N(c2ccccc2)c2ccc3c(c2)Oc2cccc4c2B3c2cc3oc5c6ccc(N(c7ccccc7)c7ccccc7)cc6ccc5c3cc2O4)cc1. The number of hydrogen-bond donors (Lipinski definition) is 0. The molecule has 2 aliphatic heterocycles. The highest BCUT2D eigenvalue weighted by atomic mass is 16.5. The molecule has 0 amide bonds. The fourth-order valence-corrected chi connectivity index (χ4v) is 8.94. The highest BCUT2D eigenvalue weighted by Gasteiger charge is 2.41. The molecule has 0 bridgehead atoms. The molecule has 0 saturated heterocycles. The average Bonchev–Trinajstić information content (AvgIpc) is 3.65. The number of ether oxygens (including phenoxy) is 2. The van der Waals surface area contributed by atoms with Gasteiger partial charge in [-0.05, 0) is 119 Å². The molecule has 0 radical (unpaired) electrons. The smallest absolute Gasteiger partial charge is 0.260 e. The standard InChI is InChI=1S/C52H33BN2O3/c1-5-14-35(15-6-1)54(36-16-7-2-8-17-36)39-25-28-41-34(30-39)24-27-42-43-32-50-45(33-48(43)58-52(41)42)53-44-29-26-40(31-49(44)56-46-22-13-23-47(57-50)51(46)53)55(37-18-9-3-10-19-37)38-20-11-4-12-21-38/h1-33H. The molecule has 1 aromatic heterocycles. The minimum atomic E-state index is -0.103. The van der Waals surface area contributed by atoms with Gasteiger partial charge in [-0.15, -0.1) is 0 Å². The molecular formula is C52H33BN2O3. The van der Waals surface area contributed by atoms with Crippen molar-refractivity contribution in [3.63, 3.8) is 0 Å². The number of nitrogens with zero attached hydrogens (tertiary/aromatic N) is 2. The molecule has 0 atom stereocenters. The zero-order valence-corrected chi connectivity index (χ0v) is 31.2. The van der Waals surface area contributed by atoms with Gasteiger partial charge in [0.05, 0.1) is 0 Å². The maximum atomic E-state index is 6.86. The van der Waals surface area contributed by atoms with E-state index in [4.69, 9.17) is 13.9 Å². The fraction of sp³-hybridized carbons (Fsp3) is 0. The Kier molecular flexibility index (Phi) is 7.26. The van der Waals surface area contributed by atoms with Crippen molar-refractivity contribution >= 4 is 89.9 Å². The van der Waals surface area contributed by atoms with E-state index in [0.29, 0.717) is 0 Å². The van der Waals surface area contributed by atoms with Gasteiger partial charge < -0.3 is 23.7 Å². The molecule has 2 aliphatic rings. The lowest BCUT2D eigenvalue weighted by Crippen LogP contribution is -2.57. The predicted molar refractivity (Wildman–Crippen MR) is 238 cm³/mol. The number of anilines is 6. The van der Waals surface area contributed by atoms with Crippen LogP contribution in [0.1, 0.15) is 0 Å². The van der Waals surface area contributed by atoms with E-state index in [0.717, 1.165) is 106 Å². The van der Waals surface area contributed by atoms with Crippen molar-refractivity contribution in [3.8, 4) is 23.0 Å². The second-order valence-electron chi connectivity index (χ2n) is 14.9. The normalized spacial score (nSPS) is 12.4. The number of furan rings is 1. The van der Waals surface area contributed by atoms with Crippen LogP contribution < -0.4 is 35.7 Å². The predicted octanol–water partition coefficient (Wildman–Crippen LogP) is 12.4. The lowest BCUT2D eigenvalue weighted by Gasteiger charge is -2.33. The first kappa shape index (κ1) is 32.5. The minimum Gasteiger partial charge on any atom is -0.458 e. The van der Waals surface area contributed by atoms with Crippen LogP contribution in [0.3, 0.4) is 0 Å². The summed E-state index contributed by atoms with van der Waals surface area (Å²) in [5.41, 5.74) is 11.3. The molecule has 9 aromatic carbocycles. The molecule has 12 rings (SSSR count). The van der Waals surface area contributed by atoms with Crippen molar-refractivity contribution in [2.24, 2.45) is 0 Å². The van der Waals surface area contributed by atoms with Gasteiger partial charge in [-0.3, -0.25) is 0 Å². The molecule has 0 fully saturated rings. The Labute approximate surface area is 335 Å². The van der Waals surface area contributed by atoms with E-state index in [1.807, 2.05) is 30.3 Å². The van der Waals surface area contributed by atoms with Gasteiger partial charge in [0.15, 0.2) is 0 Å². The van der Waals surface area contributed by atoms with E-state index < -0.39 is 0 Å². The molecule has 0 spiro atoms. The summed E-state index contributed by atoms with van der Waals surface area (Å²) >= 11 is 0. The first-order chi connectivity index (χ1) is 28.7. The Balaban J connectivity index is 0.984. The van der Waals surface area contributed by atoms with Crippen molar-refractivity contribution < 1.29 is 13.9 Å². The third-order valence-electron chi connectivity index (χ3n) is 11.5. The molecule has 272 valence electrons. The monoisotopic (exact) mass is 744 g/mol. The first-order valence-corrected chi connectivity index (χ1v) is 19.6. The van der Waals surface area contributed by atoms with Gasteiger partial charge in [-0.1, -0.05) is 91.0 Å². The minimum absolute atomic E-state index is 0.103. The molecule has 3 heterocycles. The van der Waals surface area contributed by atoms with Gasteiger partial charge in [-0.25, -0.2) is 0 Å². The molecule has 0 saturated carbocycles. The summed E-state index contributed by atoms with van der Waals surface area (Å²) in [6, 6.07) is 69.9. The van der Waals surface area contributed by atoms with Gasteiger partial charge in [0, 0.05) is 61.8 Å². The van der Waals surface area contributed by atoms with Crippen molar-refractivity contribution in [1.29, 1.82) is 0 Å². The summed E-state index contributed by atoms with van der Waals surface area (Å²) in [6.07, 6.45) is 0. The summed E-state index contributed by atoms with van der Waals surface area (Å²) in [5.74, 6) is 3.26. The van der Waals surface area contributed by atoms with Gasteiger partial charge in [-0.2, -0.15) is 0 Å². The summed E-state index contributed by atoms with van der Waals surface area (Å²) in [7, 11) is 0. The second-order valence-corrected chi connectivity index (χ2v) is 14.9. The summed E-state index contributed by atoms with van der Waals surface area (Å²) in [6.45, 7) is -0.103. The molecule has 5 nitrogen and oxygen atoms in total. The van der Waals surface area contributed by atoms with E-state index >= 15 is 0 Å².